The molecule has 0 spiro atoms. The van der Waals surface area contributed by atoms with Crippen LogP contribution >= 0.6 is 0 Å². The molecule has 2 aliphatic heterocycles. The number of nitrogens with zero attached hydrogens (tertiary/aromatic N) is 3. The number of aliphatic hydroxyl groups excluding tert-OH is 1. The van der Waals surface area contributed by atoms with Gasteiger partial charge in [0.1, 0.15) is 5.52 Å². The highest BCUT2D eigenvalue weighted by atomic mass is 16.7. The average Bonchev–Trinajstić information content (AvgIpc) is 3.53. The van der Waals surface area contributed by atoms with E-state index in [0.717, 1.165) is 5.56 Å². The van der Waals surface area contributed by atoms with E-state index in [1.807, 2.05) is 18.2 Å². The fourth-order valence-corrected chi connectivity index (χ4v) is 3.78. The van der Waals surface area contributed by atoms with Crippen LogP contribution in [0.2, 0.25) is 0 Å². The average molecular weight is 419 g/mol. The molecule has 0 aliphatic carbocycles. The number of hydrogen-bond donors (Lipinski definition) is 1. The topological polar surface area (TPSA) is 96.5 Å². The molecule has 2 aromatic carbocycles. The maximum Gasteiger partial charge on any atom is 0.276 e. The minimum Gasteiger partial charge on any atom is -0.454 e. The lowest BCUT2D eigenvalue weighted by molar-refractivity contribution is 0.154. The molecule has 4 heterocycles. The highest BCUT2D eigenvalue weighted by Gasteiger charge is 2.19. The van der Waals surface area contributed by atoms with Crippen molar-refractivity contribution in [1.29, 1.82) is 0 Å². The van der Waals surface area contributed by atoms with Gasteiger partial charge in [0, 0.05) is 18.0 Å². The zero-order chi connectivity index (χ0) is 20.9. The van der Waals surface area contributed by atoms with E-state index in [2.05, 4.69) is 5.10 Å². The Labute approximate surface area is 175 Å². The molecule has 156 valence electrons. The Morgan fingerprint density at radius 3 is 2.42 bits per heavy atom. The second-order valence-electron chi connectivity index (χ2n) is 7.31. The Morgan fingerprint density at radius 1 is 0.903 bits per heavy atom. The van der Waals surface area contributed by atoms with E-state index in [9.17, 15) is 9.90 Å². The van der Waals surface area contributed by atoms with Gasteiger partial charge in [-0.3, -0.25) is 4.79 Å². The largest absolute Gasteiger partial charge is 0.454 e. The van der Waals surface area contributed by atoms with Crippen LogP contribution < -0.4 is 24.5 Å². The molecule has 2 aromatic heterocycles. The zero-order valence-corrected chi connectivity index (χ0v) is 16.2. The predicted molar refractivity (Wildman–Crippen MR) is 109 cm³/mol. The first-order chi connectivity index (χ1) is 15.2. The molecule has 31 heavy (non-hydrogen) atoms. The minimum atomic E-state index is -0.883. The highest BCUT2D eigenvalue weighted by molar-refractivity contribution is 5.68. The van der Waals surface area contributed by atoms with Gasteiger partial charge >= 0.3 is 0 Å². The molecule has 0 fully saturated rings. The quantitative estimate of drug-likeness (QED) is 0.542. The predicted octanol–water partition coefficient (Wildman–Crippen LogP) is 2.35. The number of benzene rings is 2. The normalized spacial score (nSPS) is 14.9. The van der Waals surface area contributed by atoms with Crippen LogP contribution in [-0.2, 0) is 6.54 Å². The molecule has 0 radical (unpaired) electrons. The third kappa shape index (κ3) is 2.98. The van der Waals surface area contributed by atoms with Crippen molar-refractivity contribution in [2.45, 2.75) is 12.6 Å². The van der Waals surface area contributed by atoms with Gasteiger partial charge < -0.3 is 28.6 Å². The Hall–Kier alpha value is -3.98. The number of hydrogen-bond acceptors (Lipinski definition) is 7. The maximum atomic E-state index is 13.0. The SMILES string of the molecule is O=c1c2cc(-c3ccc4c(c3)OCO4)nn2ccn1C[C@@H](O)c1ccc2c(c1)OCO2. The van der Waals surface area contributed by atoms with Crippen LogP contribution in [0.1, 0.15) is 11.7 Å². The summed E-state index contributed by atoms with van der Waals surface area (Å²) in [5, 5.41) is 15.2. The van der Waals surface area contributed by atoms with Crippen molar-refractivity contribution in [3.05, 3.63) is 70.8 Å². The molecule has 2 aliphatic rings. The summed E-state index contributed by atoms with van der Waals surface area (Å²) in [7, 11) is 0. The summed E-state index contributed by atoms with van der Waals surface area (Å²) in [5.74, 6) is 2.57. The lowest BCUT2D eigenvalue weighted by Gasteiger charge is -2.13. The maximum absolute atomic E-state index is 13.0. The first kappa shape index (κ1) is 17.8. The number of ether oxygens (including phenoxy) is 4. The van der Waals surface area contributed by atoms with Crippen molar-refractivity contribution in [3.63, 3.8) is 0 Å². The first-order valence-corrected chi connectivity index (χ1v) is 9.72. The van der Waals surface area contributed by atoms with E-state index in [-0.39, 0.29) is 25.7 Å². The van der Waals surface area contributed by atoms with E-state index in [4.69, 9.17) is 18.9 Å². The van der Waals surface area contributed by atoms with Gasteiger partial charge in [-0.2, -0.15) is 5.10 Å². The molecule has 9 nitrogen and oxygen atoms in total. The Morgan fingerprint density at radius 2 is 1.61 bits per heavy atom. The van der Waals surface area contributed by atoms with Crippen LogP contribution in [0.3, 0.4) is 0 Å². The smallest absolute Gasteiger partial charge is 0.276 e. The summed E-state index contributed by atoms with van der Waals surface area (Å²) in [4.78, 5) is 13.0. The fraction of sp³-hybridized carbons (Fsp3) is 0.182. The zero-order valence-electron chi connectivity index (χ0n) is 16.2. The molecule has 4 aromatic rings. The van der Waals surface area contributed by atoms with Gasteiger partial charge in [-0.1, -0.05) is 6.07 Å². The van der Waals surface area contributed by atoms with Gasteiger partial charge in [0.2, 0.25) is 13.6 Å². The summed E-state index contributed by atoms with van der Waals surface area (Å²) in [5.41, 5.74) is 2.27. The van der Waals surface area contributed by atoms with Crippen molar-refractivity contribution >= 4 is 5.52 Å². The number of rotatable bonds is 4. The molecule has 0 saturated carbocycles. The van der Waals surface area contributed by atoms with E-state index < -0.39 is 6.10 Å². The van der Waals surface area contributed by atoms with Gasteiger partial charge in [-0.15, -0.1) is 0 Å². The van der Waals surface area contributed by atoms with E-state index >= 15 is 0 Å². The monoisotopic (exact) mass is 419 g/mol. The van der Waals surface area contributed by atoms with Crippen LogP contribution in [0.4, 0.5) is 0 Å². The molecule has 0 amide bonds. The lowest BCUT2D eigenvalue weighted by atomic mass is 10.1. The van der Waals surface area contributed by atoms with Crippen molar-refractivity contribution < 1.29 is 24.1 Å². The number of aromatic nitrogens is 3. The van der Waals surface area contributed by atoms with Crippen LogP contribution in [0.25, 0.3) is 16.8 Å². The summed E-state index contributed by atoms with van der Waals surface area (Å²) in [6.45, 7) is 0.456. The van der Waals surface area contributed by atoms with Crippen molar-refractivity contribution in [3.8, 4) is 34.3 Å². The summed E-state index contributed by atoms with van der Waals surface area (Å²) in [6, 6.07) is 12.5. The van der Waals surface area contributed by atoms with Crippen molar-refractivity contribution in [1.82, 2.24) is 14.2 Å². The van der Waals surface area contributed by atoms with Crippen molar-refractivity contribution in [2.75, 3.05) is 13.6 Å². The minimum absolute atomic E-state index is 0.0967. The van der Waals surface area contributed by atoms with Crippen LogP contribution in [0, 0.1) is 0 Å². The summed E-state index contributed by atoms with van der Waals surface area (Å²) >= 11 is 0. The van der Waals surface area contributed by atoms with E-state index in [1.54, 1.807) is 36.7 Å². The third-order valence-corrected chi connectivity index (χ3v) is 5.42. The lowest BCUT2D eigenvalue weighted by Crippen LogP contribution is -2.24. The Kier molecular flexibility index (Phi) is 3.90. The van der Waals surface area contributed by atoms with Gasteiger partial charge in [0.25, 0.3) is 5.56 Å². The Bertz CT molecular complexity index is 1380. The molecular weight excluding hydrogens is 402 g/mol. The Balaban J connectivity index is 1.31. The second kappa shape index (κ2) is 6.78. The molecule has 0 saturated heterocycles. The van der Waals surface area contributed by atoms with Gasteiger partial charge in [-0.05, 0) is 42.0 Å². The summed E-state index contributed by atoms with van der Waals surface area (Å²) < 4.78 is 24.4. The standard InChI is InChI=1S/C22H17N3O6/c26-17(14-2-4-19-21(8-14)31-12-29-19)10-24-5-6-25-16(22(24)27)9-15(23-25)13-1-3-18-20(7-13)30-11-28-18/h1-9,17,26H,10-12H2/t17-/m1/s1. The van der Waals surface area contributed by atoms with Gasteiger partial charge in [0.05, 0.1) is 18.3 Å². The molecule has 0 bridgehead atoms. The summed E-state index contributed by atoms with van der Waals surface area (Å²) in [6.07, 6.45) is 2.42. The number of fused-ring (bicyclic) bond motifs is 3. The molecule has 9 heteroatoms. The first-order valence-electron chi connectivity index (χ1n) is 9.72. The second-order valence-corrected chi connectivity index (χ2v) is 7.31. The van der Waals surface area contributed by atoms with Gasteiger partial charge in [0.15, 0.2) is 23.0 Å². The molecule has 0 unspecified atom stereocenters. The highest BCUT2D eigenvalue weighted by Crippen LogP contribution is 2.36. The van der Waals surface area contributed by atoms with Gasteiger partial charge in [-0.25, -0.2) is 4.52 Å². The van der Waals surface area contributed by atoms with Crippen LogP contribution in [-0.4, -0.2) is 32.9 Å². The van der Waals surface area contributed by atoms with Crippen molar-refractivity contribution in [2.24, 2.45) is 0 Å². The van der Waals surface area contributed by atoms with E-state index in [0.29, 0.717) is 39.8 Å². The van der Waals surface area contributed by atoms with Crippen LogP contribution in [0.15, 0.2) is 59.7 Å². The fourth-order valence-electron chi connectivity index (χ4n) is 3.78. The molecule has 1 N–H and O–H groups in total. The van der Waals surface area contributed by atoms with E-state index in [1.165, 1.54) is 9.08 Å². The molecule has 6 rings (SSSR count). The van der Waals surface area contributed by atoms with Crippen LogP contribution in [0.5, 0.6) is 23.0 Å². The third-order valence-electron chi connectivity index (χ3n) is 5.42. The molecular formula is C22H17N3O6. The molecule has 1 atom stereocenters. The number of aliphatic hydroxyl groups is 1.